The zero-order chi connectivity index (χ0) is 36.3. The van der Waals surface area contributed by atoms with Gasteiger partial charge < -0.3 is 23.8 Å². The van der Waals surface area contributed by atoms with Crippen molar-refractivity contribution in [2.24, 2.45) is 0 Å². The molecule has 0 saturated carbocycles. The molecule has 0 saturated heterocycles. The highest BCUT2D eigenvalue weighted by molar-refractivity contribution is 6.12. The van der Waals surface area contributed by atoms with Crippen LogP contribution in [0.25, 0.3) is 27.5 Å². The molecule has 0 radical (unpaired) electrons. The normalized spacial score (nSPS) is 11.0. The number of anilines is 6. The number of fused-ring (bicyclic) bond motifs is 3. The van der Waals surface area contributed by atoms with Crippen molar-refractivity contribution in [1.82, 2.24) is 4.57 Å². The molecule has 0 aliphatic carbocycles. The van der Waals surface area contributed by atoms with Crippen LogP contribution in [0.5, 0.6) is 11.5 Å². The van der Waals surface area contributed by atoms with Gasteiger partial charge in [-0.25, -0.2) is 0 Å². The molecule has 258 valence electrons. The number of carbonyl (C=O) groups excluding carboxylic acids is 2. The molecule has 0 aliphatic heterocycles. The summed E-state index contributed by atoms with van der Waals surface area (Å²) < 4.78 is 13.0. The van der Waals surface area contributed by atoms with Crippen molar-refractivity contribution in [2.45, 2.75) is 13.8 Å². The third kappa shape index (κ3) is 6.71. The first kappa shape index (κ1) is 33.0. The Morgan fingerprint density at radius 1 is 0.415 bits per heavy atom. The zero-order valence-corrected chi connectivity index (χ0v) is 29.2. The van der Waals surface area contributed by atoms with Crippen LogP contribution in [-0.2, 0) is 9.59 Å². The number of carbonyl (C=O) groups is 2. The van der Waals surface area contributed by atoms with Gasteiger partial charge in [0.2, 0.25) is 0 Å². The lowest BCUT2D eigenvalue weighted by atomic mass is 10.1. The number of benzene rings is 7. The number of para-hydroxylation sites is 3. The van der Waals surface area contributed by atoms with Gasteiger partial charge in [0.05, 0.1) is 11.0 Å². The molecule has 7 heteroatoms. The van der Waals surface area contributed by atoms with E-state index < -0.39 is 0 Å². The maximum absolute atomic E-state index is 11.6. The van der Waals surface area contributed by atoms with E-state index in [4.69, 9.17) is 9.47 Å². The Labute approximate surface area is 307 Å². The van der Waals surface area contributed by atoms with Crippen molar-refractivity contribution < 1.29 is 19.1 Å². The van der Waals surface area contributed by atoms with Gasteiger partial charge in [-0.1, -0.05) is 54.6 Å². The lowest BCUT2D eigenvalue weighted by molar-refractivity contribution is -0.132. The van der Waals surface area contributed by atoms with Gasteiger partial charge >= 0.3 is 11.9 Å². The Kier molecular flexibility index (Phi) is 8.88. The highest BCUT2D eigenvalue weighted by Crippen LogP contribution is 2.43. The first-order valence-corrected chi connectivity index (χ1v) is 17.3. The minimum Gasteiger partial charge on any atom is -0.427 e. The molecular weight excluding hydrogens is 659 g/mol. The van der Waals surface area contributed by atoms with E-state index in [9.17, 15) is 9.59 Å². The van der Waals surface area contributed by atoms with Crippen molar-refractivity contribution in [3.63, 3.8) is 0 Å². The second kappa shape index (κ2) is 14.2. The van der Waals surface area contributed by atoms with Gasteiger partial charge in [0, 0.05) is 64.4 Å². The molecule has 7 aromatic carbocycles. The van der Waals surface area contributed by atoms with Crippen LogP contribution in [0, 0.1) is 0 Å². The molecular formula is C46H35N3O4. The number of ether oxygens (including phenoxy) is 2. The number of esters is 2. The summed E-state index contributed by atoms with van der Waals surface area (Å²) in [5, 5.41) is 2.16. The largest absolute Gasteiger partial charge is 0.427 e. The molecule has 0 amide bonds. The third-order valence-corrected chi connectivity index (χ3v) is 9.00. The lowest BCUT2D eigenvalue weighted by Crippen LogP contribution is -2.10. The molecule has 0 spiro atoms. The summed E-state index contributed by atoms with van der Waals surface area (Å²) >= 11 is 0. The van der Waals surface area contributed by atoms with Crippen molar-refractivity contribution in [3.05, 3.63) is 176 Å². The van der Waals surface area contributed by atoms with Crippen LogP contribution < -0.4 is 19.3 Å². The minimum absolute atomic E-state index is 0.359. The molecule has 0 bridgehead atoms. The predicted molar refractivity (Wildman–Crippen MR) is 213 cm³/mol. The SMILES string of the molecule is CC(=O)Oc1ccc(N(c2ccccc2)c2ccc3c(c2)c2cc(N(c4ccccc4)c4ccc(OC(C)=O)cc4)ccc2n3-c2ccccc2)cc1. The lowest BCUT2D eigenvalue weighted by Gasteiger charge is -2.26. The summed E-state index contributed by atoms with van der Waals surface area (Å²) in [6, 6.07) is 59.1. The Bertz CT molecular complexity index is 2390. The summed E-state index contributed by atoms with van der Waals surface area (Å²) in [5.74, 6) is 0.267. The van der Waals surface area contributed by atoms with E-state index in [0.717, 1.165) is 61.6 Å². The van der Waals surface area contributed by atoms with Gasteiger partial charge in [-0.3, -0.25) is 9.59 Å². The summed E-state index contributed by atoms with van der Waals surface area (Å²) in [6.07, 6.45) is 0. The van der Waals surface area contributed by atoms with E-state index in [0.29, 0.717) is 11.5 Å². The average Bonchev–Trinajstić information content (AvgIpc) is 3.50. The fourth-order valence-corrected chi connectivity index (χ4v) is 6.84. The molecule has 8 aromatic rings. The van der Waals surface area contributed by atoms with Gasteiger partial charge in [-0.05, 0) is 121 Å². The summed E-state index contributed by atoms with van der Waals surface area (Å²) in [5.41, 5.74) is 8.99. The second-order valence-corrected chi connectivity index (χ2v) is 12.6. The van der Waals surface area contributed by atoms with E-state index in [2.05, 4.69) is 99.3 Å². The van der Waals surface area contributed by atoms with Crippen molar-refractivity contribution in [2.75, 3.05) is 9.80 Å². The van der Waals surface area contributed by atoms with Crippen LogP contribution in [0.4, 0.5) is 34.1 Å². The van der Waals surface area contributed by atoms with Crippen LogP contribution in [0.3, 0.4) is 0 Å². The molecule has 7 nitrogen and oxygen atoms in total. The number of hydrogen-bond donors (Lipinski definition) is 0. The second-order valence-electron chi connectivity index (χ2n) is 12.6. The predicted octanol–water partition coefficient (Wildman–Crippen LogP) is 11.6. The smallest absolute Gasteiger partial charge is 0.308 e. The first-order chi connectivity index (χ1) is 25.9. The minimum atomic E-state index is -0.359. The van der Waals surface area contributed by atoms with E-state index in [1.807, 2.05) is 91.0 Å². The van der Waals surface area contributed by atoms with Crippen LogP contribution in [0.1, 0.15) is 13.8 Å². The highest BCUT2D eigenvalue weighted by atomic mass is 16.5. The van der Waals surface area contributed by atoms with Crippen molar-refractivity contribution in [1.29, 1.82) is 0 Å². The molecule has 1 aromatic heterocycles. The van der Waals surface area contributed by atoms with Gasteiger partial charge in [0.25, 0.3) is 0 Å². The highest BCUT2D eigenvalue weighted by Gasteiger charge is 2.20. The van der Waals surface area contributed by atoms with Gasteiger partial charge in [-0.2, -0.15) is 0 Å². The summed E-state index contributed by atoms with van der Waals surface area (Å²) in [7, 11) is 0. The monoisotopic (exact) mass is 693 g/mol. The molecule has 53 heavy (non-hydrogen) atoms. The molecule has 0 atom stereocenters. The molecule has 0 unspecified atom stereocenters. The Hall–Kier alpha value is -7.12. The van der Waals surface area contributed by atoms with Crippen LogP contribution in [0.15, 0.2) is 176 Å². The van der Waals surface area contributed by atoms with E-state index in [1.54, 1.807) is 0 Å². The zero-order valence-electron chi connectivity index (χ0n) is 29.2. The maximum Gasteiger partial charge on any atom is 0.308 e. The Balaban J connectivity index is 1.33. The standard InChI is InChI=1S/C46H35N3O4/c1-32(50)52-41-24-18-37(19-25-41)47(34-12-6-3-7-13-34)39-22-28-45-43(30-39)44-31-40(23-29-46(44)49(45)36-16-10-5-11-17-36)48(35-14-8-4-9-15-35)38-20-26-42(27-21-38)53-33(2)51/h3-31H,1-2H3. The number of rotatable bonds is 9. The average molecular weight is 694 g/mol. The Morgan fingerprint density at radius 2 is 0.755 bits per heavy atom. The van der Waals surface area contributed by atoms with Crippen molar-refractivity contribution in [3.8, 4) is 17.2 Å². The quantitative estimate of drug-likeness (QED) is 0.111. The molecule has 1 heterocycles. The maximum atomic E-state index is 11.6. The Morgan fingerprint density at radius 3 is 1.13 bits per heavy atom. The van der Waals surface area contributed by atoms with Crippen molar-refractivity contribution >= 4 is 67.9 Å². The van der Waals surface area contributed by atoms with Gasteiger partial charge in [0.1, 0.15) is 11.5 Å². The van der Waals surface area contributed by atoms with Gasteiger partial charge in [0.15, 0.2) is 0 Å². The van der Waals surface area contributed by atoms with E-state index in [-0.39, 0.29) is 11.9 Å². The topological polar surface area (TPSA) is 64.0 Å². The van der Waals surface area contributed by atoms with E-state index in [1.165, 1.54) is 13.8 Å². The third-order valence-electron chi connectivity index (χ3n) is 9.00. The number of nitrogens with zero attached hydrogens (tertiary/aromatic N) is 3. The number of aromatic nitrogens is 1. The first-order valence-electron chi connectivity index (χ1n) is 17.3. The van der Waals surface area contributed by atoms with E-state index >= 15 is 0 Å². The summed E-state index contributed by atoms with van der Waals surface area (Å²) in [4.78, 5) is 27.7. The summed E-state index contributed by atoms with van der Waals surface area (Å²) in [6.45, 7) is 2.80. The molecule has 0 N–H and O–H groups in total. The molecule has 0 fully saturated rings. The number of hydrogen-bond acceptors (Lipinski definition) is 6. The molecule has 8 rings (SSSR count). The van der Waals surface area contributed by atoms with Crippen LogP contribution in [-0.4, -0.2) is 16.5 Å². The van der Waals surface area contributed by atoms with Crippen LogP contribution in [0.2, 0.25) is 0 Å². The fourth-order valence-electron chi connectivity index (χ4n) is 6.84. The van der Waals surface area contributed by atoms with Gasteiger partial charge in [-0.15, -0.1) is 0 Å². The van der Waals surface area contributed by atoms with Crippen LogP contribution >= 0.6 is 0 Å². The molecule has 0 aliphatic rings. The fraction of sp³-hybridized carbons (Fsp3) is 0.0435.